The maximum absolute atomic E-state index is 5.58. The Labute approximate surface area is 76.9 Å². The van der Waals surface area contributed by atoms with E-state index in [9.17, 15) is 0 Å². The van der Waals surface area contributed by atoms with E-state index >= 15 is 0 Å². The summed E-state index contributed by atoms with van der Waals surface area (Å²) in [6, 6.07) is 7.19. The first-order valence-corrected chi connectivity index (χ1v) is 2.96. The molecule has 0 atom stereocenters. The van der Waals surface area contributed by atoms with Crippen LogP contribution in [0.25, 0.3) is 0 Å². The minimum atomic E-state index is 0. The van der Waals surface area contributed by atoms with Gasteiger partial charge in [0.05, 0.1) is 10.0 Å². The normalized spacial score (nSPS) is 8.22. The molecule has 0 radical (unpaired) electrons. The second kappa shape index (κ2) is 4.27. The summed E-state index contributed by atoms with van der Waals surface area (Å²) in [7, 11) is 0. The molecule has 0 nitrogen and oxygen atoms in total. The van der Waals surface area contributed by atoms with Crippen LogP contribution in [0.5, 0.6) is 0 Å². The second-order valence-electron chi connectivity index (χ2n) is 1.41. The molecule has 0 aliphatic rings. The van der Waals surface area contributed by atoms with Crippen molar-refractivity contribution >= 4 is 23.2 Å². The molecule has 0 saturated carbocycles. The van der Waals surface area contributed by atoms with Crippen molar-refractivity contribution in [2.24, 2.45) is 0 Å². The number of hydrogen-bond donors (Lipinski definition) is 0. The van der Waals surface area contributed by atoms with Gasteiger partial charge in [-0.3, -0.25) is 0 Å². The molecule has 0 aromatic heterocycles. The van der Waals surface area contributed by atoms with E-state index in [1.54, 1.807) is 12.1 Å². The largest absolute Gasteiger partial charge is 2.00 e. The molecule has 9 heavy (non-hydrogen) atoms. The van der Waals surface area contributed by atoms with Crippen molar-refractivity contribution < 1.29 is 19.5 Å². The minimum absolute atomic E-state index is 0. The number of halogens is 2. The maximum Gasteiger partial charge on any atom is 2.00 e. The summed E-state index contributed by atoms with van der Waals surface area (Å²) in [4.78, 5) is 0. The third kappa shape index (κ3) is 2.66. The average Bonchev–Trinajstić information content (AvgIpc) is 1.77. The van der Waals surface area contributed by atoms with E-state index in [2.05, 4.69) is 0 Å². The summed E-state index contributed by atoms with van der Waals surface area (Å²) >= 11 is 11.2. The molecule has 3 heteroatoms. The summed E-state index contributed by atoms with van der Waals surface area (Å²) in [6.45, 7) is 0. The minimum Gasteiger partial charge on any atom is -0.0827 e. The molecule has 0 aliphatic carbocycles. The molecular formula is C6H4Cl2Ru+2. The number of hydrogen-bond acceptors (Lipinski definition) is 0. The van der Waals surface area contributed by atoms with Crippen molar-refractivity contribution in [3.63, 3.8) is 0 Å². The number of rotatable bonds is 0. The third-order valence-electron chi connectivity index (χ3n) is 0.824. The molecule has 0 unspecified atom stereocenters. The predicted molar refractivity (Wildman–Crippen MR) is 36.5 cm³/mol. The van der Waals surface area contributed by atoms with Gasteiger partial charge in [-0.25, -0.2) is 0 Å². The fourth-order valence-corrected chi connectivity index (χ4v) is 0.711. The van der Waals surface area contributed by atoms with Gasteiger partial charge in [-0.05, 0) is 12.1 Å². The van der Waals surface area contributed by atoms with Crippen LogP contribution in [0.3, 0.4) is 0 Å². The molecule has 0 bridgehead atoms. The molecule has 1 rings (SSSR count). The van der Waals surface area contributed by atoms with Gasteiger partial charge < -0.3 is 0 Å². The second-order valence-corrected chi connectivity index (χ2v) is 2.23. The average molecular weight is 248 g/mol. The van der Waals surface area contributed by atoms with Crippen LogP contribution >= 0.6 is 23.2 Å². The van der Waals surface area contributed by atoms with Gasteiger partial charge in [-0.1, -0.05) is 35.3 Å². The fraction of sp³-hybridized carbons (Fsp3) is 0. The van der Waals surface area contributed by atoms with E-state index in [0.717, 1.165) is 0 Å². The van der Waals surface area contributed by atoms with Crippen molar-refractivity contribution in [2.45, 2.75) is 0 Å². The Hall–Kier alpha value is 0.423. The first kappa shape index (κ1) is 9.42. The predicted octanol–water partition coefficient (Wildman–Crippen LogP) is 2.99. The Morgan fingerprint density at radius 2 is 1.22 bits per heavy atom. The van der Waals surface area contributed by atoms with Crippen molar-refractivity contribution in [1.29, 1.82) is 0 Å². The first-order valence-electron chi connectivity index (χ1n) is 2.21. The molecule has 0 spiro atoms. The molecule has 48 valence electrons. The van der Waals surface area contributed by atoms with Gasteiger partial charge in [0.1, 0.15) is 0 Å². The molecule has 0 N–H and O–H groups in total. The van der Waals surface area contributed by atoms with E-state index < -0.39 is 0 Å². The molecule has 1 aromatic carbocycles. The van der Waals surface area contributed by atoms with Crippen LogP contribution in [0, 0.1) is 0 Å². The van der Waals surface area contributed by atoms with Gasteiger partial charge in [-0.2, -0.15) is 0 Å². The van der Waals surface area contributed by atoms with Crippen LogP contribution in [0.15, 0.2) is 24.3 Å². The molecule has 0 amide bonds. The molecule has 0 fully saturated rings. The summed E-state index contributed by atoms with van der Waals surface area (Å²) in [6.07, 6.45) is 0. The van der Waals surface area contributed by atoms with E-state index in [4.69, 9.17) is 23.2 Å². The van der Waals surface area contributed by atoms with Gasteiger partial charge >= 0.3 is 19.5 Å². The Bertz CT molecular complexity index is 167. The van der Waals surface area contributed by atoms with E-state index in [-0.39, 0.29) is 19.5 Å². The summed E-state index contributed by atoms with van der Waals surface area (Å²) < 4.78 is 0. The Balaban J connectivity index is 0.000000640. The Morgan fingerprint density at radius 3 is 1.44 bits per heavy atom. The fourth-order valence-electron chi connectivity index (χ4n) is 0.439. The smallest absolute Gasteiger partial charge is 0.0827 e. The SMILES string of the molecule is Clc1ccccc1Cl.[Ru+2]. The Morgan fingerprint density at radius 1 is 0.889 bits per heavy atom. The van der Waals surface area contributed by atoms with Gasteiger partial charge in [0.2, 0.25) is 0 Å². The van der Waals surface area contributed by atoms with Gasteiger partial charge in [0.25, 0.3) is 0 Å². The van der Waals surface area contributed by atoms with Crippen LogP contribution in [-0.2, 0) is 19.5 Å². The van der Waals surface area contributed by atoms with E-state index in [1.165, 1.54) is 0 Å². The van der Waals surface area contributed by atoms with Crippen LogP contribution in [0.1, 0.15) is 0 Å². The molecule has 1 aromatic rings. The van der Waals surface area contributed by atoms with E-state index in [0.29, 0.717) is 10.0 Å². The summed E-state index contributed by atoms with van der Waals surface area (Å²) in [5.41, 5.74) is 0. The zero-order valence-corrected chi connectivity index (χ0v) is 7.67. The number of benzene rings is 1. The molecular weight excluding hydrogens is 244 g/mol. The third-order valence-corrected chi connectivity index (χ3v) is 1.58. The van der Waals surface area contributed by atoms with Crippen LogP contribution in [-0.4, -0.2) is 0 Å². The molecule has 0 heterocycles. The van der Waals surface area contributed by atoms with Gasteiger partial charge in [0.15, 0.2) is 0 Å². The van der Waals surface area contributed by atoms with E-state index in [1.807, 2.05) is 12.1 Å². The molecule has 0 saturated heterocycles. The zero-order valence-electron chi connectivity index (χ0n) is 4.42. The summed E-state index contributed by atoms with van der Waals surface area (Å²) in [5, 5.41) is 1.21. The topological polar surface area (TPSA) is 0 Å². The maximum atomic E-state index is 5.58. The standard InChI is InChI=1S/C6H4Cl2.Ru/c7-5-3-1-2-4-6(5)8;/h1-4H;/q;+2. The summed E-state index contributed by atoms with van der Waals surface area (Å²) in [5.74, 6) is 0. The molecule has 0 aliphatic heterocycles. The van der Waals surface area contributed by atoms with Crippen LogP contribution in [0.2, 0.25) is 10.0 Å². The first-order chi connectivity index (χ1) is 3.80. The van der Waals surface area contributed by atoms with Gasteiger partial charge in [0, 0.05) is 0 Å². The quantitative estimate of drug-likeness (QED) is 0.619. The Kier molecular flexibility index (Phi) is 4.47. The van der Waals surface area contributed by atoms with Crippen molar-refractivity contribution in [3.05, 3.63) is 34.3 Å². The monoisotopic (exact) mass is 248 g/mol. The van der Waals surface area contributed by atoms with Crippen molar-refractivity contribution in [1.82, 2.24) is 0 Å². The zero-order chi connectivity index (χ0) is 5.98. The van der Waals surface area contributed by atoms with Crippen molar-refractivity contribution in [3.8, 4) is 0 Å². The van der Waals surface area contributed by atoms with Crippen LogP contribution < -0.4 is 0 Å². The van der Waals surface area contributed by atoms with Crippen LogP contribution in [0.4, 0.5) is 0 Å². The van der Waals surface area contributed by atoms with Gasteiger partial charge in [-0.15, -0.1) is 0 Å². The van der Waals surface area contributed by atoms with Crippen molar-refractivity contribution in [2.75, 3.05) is 0 Å².